The second-order valence-electron chi connectivity index (χ2n) is 6.69. The number of benzene rings is 1. The molecule has 2 atom stereocenters. The number of aryl methyl sites for hydroxylation is 1. The summed E-state index contributed by atoms with van der Waals surface area (Å²) in [5, 5.41) is 8.31. The van der Waals surface area contributed by atoms with Gasteiger partial charge in [0.1, 0.15) is 0 Å². The SMILES string of the molecule is CN=C(NCC(C)Sc1ccc(Br)cc1)N1CCC(c2cnn(C)c2)C1.I. The van der Waals surface area contributed by atoms with Crippen molar-refractivity contribution in [1.82, 2.24) is 20.0 Å². The summed E-state index contributed by atoms with van der Waals surface area (Å²) < 4.78 is 3.00. The van der Waals surface area contributed by atoms with E-state index in [-0.39, 0.29) is 24.0 Å². The first-order valence-corrected chi connectivity index (χ1v) is 10.6. The number of aliphatic imine (C=N–C) groups is 1. The standard InChI is InChI=1S/C19H26BrN5S.HI/c1-14(26-18-6-4-17(20)5-7-18)10-22-19(21-2)25-9-8-15(13-25)16-11-23-24(3)12-16;/h4-7,11-12,14-15H,8-10,13H2,1-3H3,(H,21,22);1H. The van der Waals surface area contributed by atoms with Crippen molar-refractivity contribution in [2.24, 2.45) is 12.0 Å². The predicted molar refractivity (Wildman–Crippen MR) is 128 cm³/mol. The Labute approximate surface area is 191 Å². The zero-order chi connectivity index (χ0) is 18.5. The molecular formula is C19H27BrIN5S. The molecule has 0 saturated carbocycles. The number of nitrogens with zero attached hydrogens (tertiary/aromatic N) is 4. The van der Waals surface area contributed by atoms with Gasteiger partial charge in [0.2, 0.25) is 0 Å². The summed E-state index contributed by atoms with van der Waals surface area (Å²) in [6.45, 7) is 5.17. The van der Waals surface area contributed by atoms with E-state index in [9.17, 15) is 0 Å². The van der Waals surface area contributed by atoms with Crippen molar-refractivity contribution >= 4 is 57.6 Å². The number of likely N-dealkylation sites (tertiary alicyclic amines) is 1. The van der Waals surface area contributed by atoms with E-state index < -0.39 is 0 Å². The van der Waals surface area contributed by atoms with E-state index in [4.69, 9.17) is 0 Å². The zero-order valence-electron chi connectivity index (χ0n) is 15.9. The van der Waals surface area contributed by atoms with E-state index in [1.807, 2.05) is 36.7 Å². The number of nitrogens with one attached hydrogen (secondary N) is 1. The minimum absolute atomic E-state index is 0. The van der Waals surface area contributed by atoms with Gasteiger partial charge in [-0.3, -0.25) is 9.67 Å². The van der Waals surface area contributed by atoms with E-state index in [1.165, 1.54) is 10.5 Å². The number of aromatic nitrogens is 2. The molecule has 1 aliphatic rings. The third-order valence-electron chi connectivity index (χ3n) is 4.59. The normalized spacial score (nSPS) is 18.3. The molecule has 1 aliphatic heterocycles. The van der Waals surface area contributed by atoms with E-state index in [2.05, 4.69) is 73.6 Å². The highest BCUT2D eigenvalue weighted by molar-refractivity contribution is 14.0. The zero-order valence-corrected chi connectivity index (χ0v) is 20.7. The molecule has 0 amide bonds. The summed E-state index contributed by atoms with van der Waals surface area (Å²) >= 11 is 5.36. The highest BCUT2D eigenvalue weighted by atomic mass is 127. The number of thioether (sulfide) groups is 1. The third-order valence-corrected chi connectivity index (χ3v) is 6.24. The summed E-state index contributed by atoms with van der Waals surface area (Å²) in [6.07, 6.45) is 5.26. The first-order chi connectivity index (χ1) is 12.5. The molecule has 1 aromatic heterocycles. The lowest BCUT2D eigenvalue weighted by molar-refractivity contribution is 0.486. The quantitative estimate of drug-likeness (QED) is 0.254. The molecule has 2 unspecified atom stereocenters. The maximum absolute atomic E-state index is 4.49. The van der Waals surface area contributed by atoms with Crippen LogP contribution in [0.25, 0.3) is 0 Å². The second kappa shape index (κ2) is 10.7. The Morgan fingerprint density at radius 2 is 2.15 bits per heavy atom. The van der Waals surface area contributed by atoms with Crippen LogP contribution in [0.5, 0.6) is 0 Å². The van der Waals surface area contributed by atoms with Gasteiger partial charge in [-0.15, -0.1) is 35.7 Å². The summed E-state index contributed by atoms with van der Waals surface area (Å²) in [6, 6.07) is 8.48. The van der Waals surface area contributed by atoms with Gasteiger partial charge >= 0.3 is 0 Å². The van der Waals surface area contributed by atoms with Crippen molar-refractivity contribution in [3.05, 3.63) is 46.7 Å². The molecule has 2 heterocycles. The van der Waals surface area contributed by atoms with Gasteiger partial charge in [0.15, 0.2) is 5.96 Å². The number of guanidine groups is 1. The van der Waals surface area contributed by atoms with Crippen LogP contribution in [0.4, 0.5) is 0 Å². The molecule has 27 heavy (non-hydrogen) atoms. The van der Waals surface area contributed by atoms with Gasteiger partial charge in [0, 0.05) is 60.5 Å². The van der Waals surface area contributed by atoms with Crippen LogP contribution in [0.1, 0.15) is 24.8 Å². The summed E-state index contributed by atoms with van der Waals surface area (Å²) in [4.78, 5) is 8.13. The molecule has 5 nitrogen and oxygen atoms in total. The highest BCUT2D eigenvalue weighted by Crippen LogP contribution is 2.27. The van der Waals surface area contributed by atoms with E-state index >= 15 is 0 Å². The number of rotatable bonds is 5. The minimum Gasteiger partial charge on any atom is -0.355 e. The van der Waals surface area contributed by atoms with Gasteiger partial charge in [0.05, 0.1) is 6.20 Å². The van der Waals surface area contributed by atoms with Crippen molar-refractivity contribution in [2.75, 3.05) is 26.7 Å². The van der Waals surface area contributed by atoms with Crippen LogP contribution >= 0.6 is 51.7 Å². The molecule has 2 aromatic rings. The fourth-order valence-electron chi connectivity index (χ4n) is 3.23. The molecule has 8 heteroatoms. The maximum Gasteiger partial charge on any atom is 0.193 e. The largest absolute Gasteiger partial charge is 0.355 e. The molecule has 1 saturated heterocycles. The lowest BCUT2D eigenvalue weighted by Crippen LogP contribution is -2.42. The molecule has 1 N–H and O–H groups in total. The van der Waals surface area contributed by atoms with Gasteiger partial charge in [-0.2, -0.15) is 5.10 Å². The Bertz CT molecular complexity index is 749. The molecule has 0 bridgehead atoms. The monoisotopic (exact) mass is 563 g/mol. The molecule has 0 radical (unpaired) electrons. The second-order valence-corrected chi connectivity index (χ2v) is 9.12. The Morgan fingerprint density at radius 1 is 1.41 bits per heavy atom. The average Bonchev–Trinajstić information content (AvgIpc) is 3.27. The smallest absolute Gasteiger partial charge is 0.193 e. The Balaban J connectivity index is 0.00000261. The summed E-state index contributed by atoms with van der Waals surface area (Å²) in [7, 11) is 3.84. The number of hydrogen-bond donors (Lipinski definition) is 1. The van der Waals surface area contributed by atoms with Crippen molar-refractivity contribution in [3.63, 3.8) is 0 Å². The average molecular weight is 564 g/mol. The number of hydrogen-bond acceptors (Lipinski definition) is 3. The minimum atomic E-state index is 0. The number of halogens is 2. The van der Waals surface area contributed by atoms with Crippen molar-refractivity contribution in [2.45, 2.75) is 29.4 Å². The van der Waals surface area contributed by atoms with Gasteiger partial charge in [0.25, 0.3) is 0 Å². The van der Waals surface area contributed by atoms with Crippen LogP contribution in [-0.4, -0.2) is 52.6 Å². The lowest BCUT2D eigenvalue weighted by Gasteiger charge is -2.23. The maximum atomic E-state index is 4.49. The fourth-order valence-corrected chi connectivity index (χ4v) is 4.42. The molecule has 0 aliphatic carbocycles. The van der Waals surface area contributed by atoms with E-state index in [1.54, 1.807) is 0 Å². The van der Waals surface area contributed by atoms with Crippen LogP contribution < -0.4 is 5.32 Å². The van der Waals surface area contributed by atoms with Gasteiger partial charge < -0.3 is 10.2 Å². The van der Waals surface area contributed by atoms with E-state index in [0.29, 0.717) is 11.2 Å². The van der Waals surface area contributed by atoms with Gasteiger partial charge in [-0.05, 0) is 36.2 Å². The Hall–Kier alpha value is -0.740. The van der Waals surface area contributed by atoms with Gasteiger partial charge in [-0.1, -0.05) is 22.9 Å². The molecule has 0 spiro atoms. The van der Waals surface area contributed by atoms with Crippen LogP contribution in [0.15, 0.2) is 51.0 Å². The predicted octanol–water partition coefficient (Wildman–Crippen LogP) is 4.35. The van der Waals surface area contributed by atoms with Crippen LogP contribution in [0, 0.1) is 0 Å². The van der Waals surface area contributed by atoms with Gasteiger partial charge in [-0.25, -0.2) is 0 Å². The molecule has 1 fully saturated rings. The van der Waals surface area contributed by atoms with Crippen molar-refractivity contribution < 1.29 is 0 Å². The van der Waals surface area contributed by atoms with Crippen LogP contribution in [0.2, 0.25) is 0 Å². The Kier molecular flexibility index (Phi) is 8.94. The van der Waals surface area contributed by atoms with Crippen LogP contribution in [-0.2, 0) is 7.05 Å². The first kappa shape index (κ1) is 22.5. The molecule has 1 aromatic carbocycles. The van der Waals surface area contributed by atoms with Crippen molar-refractivity contribution in [3.8, 4) is 0 Å². The molecule has 148 valence electrons. The molecular weight excluding hydrogens is 537 g/mol. The lowest BCUT2D eigenvalue weighted by atomic mass is 10.0. The molecule has 3 rings (SSSR count). The van der Waals surface area contributed by atoms with E-state index in [0.717, 1.165) is 36.5 Å². The topological polar surface area (TPSA) is 45.5 Å². The highest BCUT2D eigenvalue weighted by Gasteiger charge is 2.27. The summed E-state index contributed by atoms with van der Waals surface area (Å²) in [5.74, 6) is 1.54. The third kappa shape index (κ3) is 6.39. The Morgan fingerprint density at radius 3 is 2.78 bits per heavy atom. The first-order valence-electron chi connectivity index (χ1n) is 8.91. The summed E-state index contributed by atoms with van der Waals surface area (Å²) in [5.41, 5.74) is 1.32. The fraction of sp³-hybridized carbons (Fsp3) is 0.474. The van der Waals surface area contributed by atoms with Crippen molar-refractivity contribution in [1.29, 1.82) is 0 Å². The van der Waals surface area contributed by atoms with Crippen LogP contribution in [0.3, 0.4) is 0 Å².